The van der Waals surface area contributed by atoms with Crippen molar-refractivity contribution in [3.8, 4) is 11.5 Å². The van der Waals surface area contributed by atoms with Gasteiger partial charge in [-0.25, -0.2) is 9.78 Å². The Morgan fingerprint density at radius 1 is 1.29 bits per heavy atom. The SMILES string of the molecule is CCOC(=O)c1csc(NC(=O)C=Cc2ccc(OCC(C)C)c(OC)c2)n1. The number of benzene rings is 1. The maximum Gasteiger partial charge on any atom is 0.357 e. The number of carbonyl (C=O) groups is 2. The Balaban J connectivity index is 1.99. The molecule has 0 aliphatic carbocycles. The number of hydrogen-bond donors (Lipinski definition) is 1. The van der Waals surface area contributed by atoms with Crippen molar-refractivity contribution >= 4 is 34.4 Å². The van der Waals surface area contributed by atoms with E-state index in [1.165, 1.54) is 11.5 Å². The lowest BCUT2D eigenvalue weighted by molar-refractivity contribution is -0.111. The number of aromatic nitrogens is 1. The quantitative estimate of drug-likeness (QED) is 0.502. The van der Waals surface area contributed by atoms with E-state index in [4.69, 9.17) is 14.2 Å². The summed E-state index contributed by atoms with van der Waals surface area (Å²) >= 11 is 1.16. The zero-order chi connectivity index (χ0) is 20.5. The summed E-state index contributed by atoms with van der Waals surface area (Å²) in [6.07, 6.45) is 3.04. The van der Waals surface area contributed by atoms with Crippen LogP contribution in [0.4, 0.5) is 5.13 Å². The van der Waals surface area contributed by atoms with Crippen LogP contribution in [0, 0.1) is 5.92 Å². The summed E-state index contributed by atoms with van der Waals surface area (Å²) in [5.41, 5.74) is 0.961. The van der Waals surface area contributed by atoms with Crippen molar-refractivity contribution in [3.05, 3.63) is 40.9 Å². The molecule has 0 aliphatic heterocycles. The van der Waals surface area contributed by atoms with E-state index < -0.39 is 5.97 Å². The maximum atomic E-state index is 12.1. The normalized spacial score (nSPS) is 10.9. The molecule has 8 heteroatoms. The number of nitrogens with one attached hydrogen (secondary N) is 1. The summed E-state index contributed by atoms with van der Waals surface area (Å²) in [4.78, 5) is 27.7. The molecule has 1 aromatic carbocycles. The van der Waals surface area contributed by atoms with Gasteiger partial charge in [0, 0.05) is 11.5 Å². The molecule has 0 spiro atoms. The second kappa shape index (κ2) is 10.5. The van der Waals surface area contributed by atoms with Crippen molar-refractivity contribution < 1.29 is 23.8 Å². The van der Waals surface area contributed by atoms with E-state index in [-0.39, 0.29) is 18.2 Å². The van der Waals surface area contributed by atoms with Gasteiger partial charge in [-0.1, -0.05) is 19.9 Å². The Labute approximate surface area is 168 Å². The van der Waals surface area contributed by atoms with E-state index in [1.54, 1.807) is 26.2 Å². The van der Waals surface area contributed by atoms with Gasteiger partial charge in [-0.05, 0) is 36.6 Å². The van der Waals surface area contributed by atoms with Crippen molar-refractivity contribution in [3.63, 3.8) is 0 Å². The third-order valence-electron chi connectivity index (χ3n) is 3.41. The van der Waals surface area contributed by atoms with E-state index in [2.05, 4.69) is 24.1 Å². The van der Waals surface area contributed by atoms with Crippen LogP contribution in [0.1, 0.15) is 36.8 Å². The highest BCUT2D eigenvalue weighted by Gasteiger charge is 2.12. The molecule has 150 valence electrons. The number of methoxy groups -OCH3 is 1. The molecule has 0 bridgehead atoms. The van der Waals surface area contributed by atoms with E-state index in [0.29, 0.717) is 29.2 Å². The Hall–Kier alpha value is -2.87. The Morgan fingerprint density at radius 2 is 2.07 bits per heavy atom. The minimum absolute atomic E-state index is 0.174. The van der Waals surface area contributed by atoms with Crippen molar-refractivity contribution in [2.75, 3.05) is 25.6 Å². The highest BCUT2D eigenvalue weighted by Crippen LogP contribution is 2.29. The fourth-order valence-corrected chi connectivity index (χ4v) is 2.80. The summed E-state index contributed by atoms with van der Waals surface area (Å²) < 4.78 is 15.9. The molecule has 0 saturated carbocycles. The lowest BCUT2D eigenvalue weighted by atomic mass is 10.2. The molecule has 2 rings (SSSR count). The van der Waals surface area contributed by atoms with Gasteiger partial charge >= 0.3 is 5.97 Å². The first-order valence-electron chi connectivity index (χ1n) is 8.85. The average Bonchev–Trinajstić information content (AvgIpc) is 3.13. The zero-order valence-electron chi connectivity index (χ0n) is 16.4. The third kappa shape index (κ3) is 6.38. The van der Waals surface area contributed by atoms with E-state index >= 15 is 0 Å². The van der Waals surface area contributed by atoms with Gasteiger partial charge in [-0.3, -0.25) is 10.1 Å². The number of ether oxygens (including phenoxy) is 3. The second-order valence-electron chi connectivity index (χ2n) is 6.20. The lowest BCUT2D eigenvalue weighted by Crippen LogP contribution is -2.09. The molecule has 0 saturated heterocycles. The third-order valence-corrected chi connectivity index (χ3v) is 4.16. The fourth-order valence-electron chi connectivity index (χ4n) is 2.11. The van der Waals surface area contributed by atoms with Crippen LogP contribution in [0.2, 0.25) is 0 Å². The van der Waals surface area contributed by atoms with Gasteiger partial charge in [0.05, 0.1) is 20.3 Å². The minimum Gasteiger partial charge on any atom is -0.493 e. The summed E-state index contributed by atoms with van der Waals surface area (Å²) in [6, 6.07) is 5.44. The van der Waals surface area contributed by atoms with Crippen molar-refractivity contribution in [2.45, 2.75) is 20.8 Å². The molecule has 1 heterocycles. The number of thiazole rings is 1. The first-order chi connectivity index (χ1) is 13.4. The molecular formula is C20H24N2O5S. The lowest BCUT2D eigenvalue weighted by Gasteiger charge is -2.12. The largest absolute Gasteiger partial charge is 0.493 e. The van der Waals surface area contributed by atoms with Gasteiger partial charge in [0.15, 0.2) is 22.3 Å². The van der Waals surface area contributed by atoms with Crippen LogP contribution in [0.25, 0.3) is 6.08 Å². The van der Waals surface area contributed by atoms with E-state index in [1.807, 2.05) is 12.1 Å². The van der Waals surface area contributed by atoms with Gasteiger partial charge in [-0.15, -0.1) is 11.3 Å². The second-order valence-corrected chi connectivity index (χ2v) is 7.05. The summed E-state index contributed by atoms with van der Waals surface area (Å²) in [6.45, 7) is 6.72. The number of hydrogen-bond acceptors (Lipinski definition) is 7. The number of nitrogens with zero attached hydrogens (tertiary/aromatic N) is 1. The number of anilines is 1. The molecule has 7 nitrogen and oxygen atoms in total. The predicted molar refractivity (Wildman–Crippen MR) is 109 cm³/mol. The van der Waals surface area contributed by atoms with Gasteiger partial charge in [0.1, 0.15) is 0 Å². The van der Waals surface area contributed by atoms with E-state index in [9.17, 15) is 9.59 Å². The fraction of sp³-hybridized carbons (Fsp3) is 0.350. The first-order valence-corrected chi connectivity index (χ1v) is 9.73. The van der Waals surface area contributed by atoms with Gasteiger partial charge in [0.2, 0.25) is 5.91 Å². The number of rotatable bonds is 9. The van der Waals surface area contributed by atoms with Crippen molar-refractivity contribution in [2.24, 2.45) is 5.92 Å². The van der Waals surface area contributed by atoms with Crippen LogP contribution in [0.3, 0.4) is 0 Å². The summed E-state index contributed by atoms with van der Waals surface area (Å²) in [7, 11) is 1.57. The van der Waals surface area contributed by atoms with Crippen LogP contribution in [-0.4, -0.2) is 37.2 Å². The van der Waals surface area contributed by atoms with Gasteiger partial charge in [-0.2, -0.15) is 0 Å². The monoisotopic (exact) mass is 404 g/mol. The Morgan fingerprint density at radius 3 is 2.75 bits per heavy atom. The van der Waals surface area contributed by atoms with Crippen LogP contribution >= 0.6 is 11.3 Å². The van der Waals surface area contributed by atoms with Gasteiger partial charge < -0.3 is 14.2 Å². The number of carbonyl (C=O) groups excluding carboxylic acids is 2. The van der Waals surface area contributed by atoms with Gasteiger partial charge in [0.25, 0.3) is 0 Å². The smallest absolute Gasteiger partial charge is 0.357 e. The molecule has 1 aromatic heterocycles. The highest BCUT2D eigenvalue weighted by atomic mass is 32.1. The van der Waals surface area contributed by atoms with E-state index in [0.717, 1.165) is 16.9 Å². The molecule has 28 heavy (non-hydrogen) atoms. The zero-order valence-corrected chi connectivity index (χ0v) is 17.2. The first kappa shape index (κ1) is 21.4. The van der Waals surface area contributed by atoms with Crippen LogP contribution < -0.4 is 14.8 Å². The highest BCUT2D eigenvalue weighted by molar-refractivity contribution is 7.14. The molecule has 0 atom stereocenters. The van der Waals surface area contributed by atoms with Crippen LogP contribution in [-0.2, 0) is 9.53 Å². The predicted octanol–water partition coefficient (Wildman–Crippen LogP) is 4.02. The Bertz CT molecular complexity index is 845. The van der Waals surface area contributed by atoms with Crippen LogP contribution in [0.5, 0.6) is 11.5 Å². The maximum absolute atomic E-state index is 12.1. The number of amides is 1. The average molecular weight is 404 g/mol. The Kier molecular flexibility index (Phi) is 8.01. The van der Waals surface area contributed by atoms with Crippen molar-refractivity contribution in [1.29, 1.82) is 0 Å². The molecular weight excluding hydrogens is 380 g/mol. The van der Waals surface area contributed by atoms with Crippen LogP contribution in [0.15, 0.2) is 29.7 Å². The molecule has 1 N–H and O–H groups in total. The molecule has 0 fully saturated rings. The number of esters is 1. The standard InChI is InChI=1S/C20H24N2O5S/c1-5-26-19(24)15-12-28-20(21-15)22-18(23)9-7-14-6-8-16(17(10-14)25-4)27-11-13(2)3/h6-10,12-13H,5,11H2,1-4H3,(H,21,22,23). The summed E-state index contributed by atoms with van der Waals surface area (Å²) in [5.74, 6) is 0.794. The minimum atomic E-state index is -0.512. The molecule has 0 radical (unpaired) electrons. The molecule has 0 aliphatic rings. The molecule has 2 aromatic rings. The molecule has 0 unspecified atom stereocenters. The molecule has 1 amide bonds. The topological polar surface area (TPSA) is 86.8 Å². The van der Waals surface area contributed by atoms with Crippen molar-refractivity contribution in [1.82, 2.24) is 4.98 Å². The summed E-state index contributed by atoms with van der Waals surface area (Å²) in [5, 5.41) is 4.49.